The summed E-state index contributed by atoms with van der Waals surface area (Å²) in [5, 5.41) is 0. The fourth-order valence-electron chi connectivity index (χ4n) is 0.218. The third-order valence-electron chi connectivity index (χ3n) is 0.507. The molecular weight excluding hydrogens is 226 g/mol. The van der Waals surface area contributed by atoms with Gasteiger partial charge in [0.1, 0.15) is 0 Å². The maximum absolute atomic E-state index is 5.40. The van der Waals surface area contributed by atoms with Gasteiger partial charge in [-0.2, -0.15) is 0 Å². The second-order valence-electron chi connectivity index (χ2n) is 1.18. The van der Waals surface area contributed by atoms with Crippen LogP contribution in [-0.4, -0.2) is 26.0 Å². The van der Waals surface area contributed by atoms with E-state index in [0.29, 0.717) is 0 Å². The van der Waals surface area contributed by atoms with Crippen molar-refractivity contribution in [3.8, 4) is 0 Å². The van der Waals surface area contributed by atoms with Gasteiger partial charge in [-0.3, -0.25) is 0 Å². The Morgan fingerprint density at radius 1 is 1.67 bits per heavy atom. The van der Waals surface area contributed by atoms with E-state index in [1.165, 1.54) is 0 Å². The van der Waals surface area contributed by atoms with Crippen LogP contribution in [0.4, 0.5) is 0 Å². The molecule has 6 heavy (non-hydrogen) atoms. The van der Waals surface area contributed by atoms with Crippen molar-refractivity contribution in [3.05, 3.63) is 0 Å². The van der Waals surface area contributed by atoms with E-state index in [1.807, 2.05) is 0 Å². The zero-order valence-corrected chi connectivity index (χ0v) is 9.30. The van der Waals surface area contributed by atoms with E-state index in [1.54, 1.807) is 0 Å². The van der Waals surface area contributed by atoms with Gasteiger partial charge in [-0.1, -0.05) is 0 Å². The van der Waals surface area contributed by atoms with Crippen molar-refractivity contribution in [1.82, 2.24) is 0 Å². The summed E-state index contributed by atoms with van der Waals surface area (Å²) in [6.45, 7) is 0. The molecule has 0 fully saturated rings. The molecule has 0 aromatic rings. The summed E-state index contributed by atoms with van der Waals surface area (Å²) >= 11 is 10.4. The van der Waals surface area contributed by atoms with Crippen LogP contribution in [0.25, 0.3) is 0 Å². The molecule has 0 saturated heterocycles. The van der Waals surface area contributed by atoms with Gasteiger partial charge in [0.25, 0.3) is 0 Å². The molecular formula is C3H8Cl2Sn. The molecule has 0 bridgehead atoms. The molecule has 0 spiro atoms. The van der Waals surface area contributed by atoms with Gasteiger partial charge < -0.3 is 0 Å². The predicted molar refractivity (Wildman–Crippen MR) is 34.7 cm³/mol. The molecule has 38 valence electrons. The summed E-state index contributed by atoms with van der Waals surface area (Å²) < 4.78 is 1.12. The van der Waals surface area contributed by atoms with E-state index >= 15 is 0 Å². The van der Waals surface area contributed by atoms with Crippen LogP contribution in [0.15, 0.2) is 0 Å². The van der Waals surface area contributed by atoms with Crippen LogP contribution >= 0.6 is 23.2 Å². The monoisotopic (exact) mass is 234 g/mol. The van der Waals surface area contributed by atoms with E-state index in [4.69, 9.17) is 23.2 Å². The van der Waals surface area contributed by atoms with E-state index in [2.05, 4.69) is 4.94 Å². The first-order valence-electron chi connectivity index (χ1n) is 2.05. The minimum atomic E-state index is -0.391. The molecule has 0 radical (unpaired) electrons. The van der Waals surface area contributed by atoms with Gasteiger partial charge in [-0.15, -0.1) is 0 Å². The van der Waals surface area contributed by atoms with Crippen LogP contribution in [0.5, 0.6) is 0 Å². The van der Waals surface area contributed by atoms with Gasteiger partial charge in [-0.25, -0.2) is 0 Å². The van der Waals surface area contributed by atoms with Crippen molar-refractivity contribution >= 4 is 44.3 Å². The standard InChI is InChI=1S/C2H3Cl2.CH3.Sn.2H/c1-2(3)4;;;;/h2H,1H2;1H3;;;. The fourth-order valence-corrected chi connectivity index (χ4v) is 4.39. The van der Waals surface area contributed by atoms with Crippen LogP contribution in [-0.2, 0) is 0 Å². The van der Waals surface area contributed by atoms with E-state index < -0.39 is 21.1 Å². The first-order chi connectivity index (χ1) is 2.77. The average molecular weight is 234 g/mol. The average Bonchev–Trinajstić information content (AvgIpc) is 1.35. The predicted octanol–water partition coefficient (Wildman–Crippen LogP) is 1.43. The number of alkyl halides is 2. The normalized spacial score (nSPS) is 12.0. The van der Waals surface area contributed by atoms with Gasteiger partial charge in [0, 0.05) is 0 Å². The number of hydrogen-bond acceptors (Lipinski definition) is 0. The Morgan fingerprint density at radius 3 is 2.17 bits per heavy atom. The molecule has 0 amide bonds. The maximum atomic E-state index is 5.40. The van der Waals surface area contributed by atoms with Crippen molar-refractivity contribution in [2.24, 2.45) is 0 Å². The van der Waals surface area contributed by atoms with E-state index in [-0.39, 0.29) is 4.84 Å². The first kappa shape index (κ1) is 7.38. The molecule has 0 saturated carbocycles. The molecule has 3 heteroatoms. The molecule has 0 aromatic heterocycles. The summed E-state index contributed by atoms with van der Waals surface area (Å²) in [5.41, 5.74) is 0. The summed E-state index contributed by atoms with van der Waals surface area (Å²) in [6.07, 6.45) is 0. The van der Waals surface area contributed by atoms with Crippen LogP contribution in [0.3, 0.4) is 0 Å². The zero-order chi connectivity index (χ0) is 4.99. The Bertz CT molecular complexity index is 30.0. The summed E-state index contributed by atoms with van der Waals surface area (Å²) in [4.78, 5) is 2.20. The van der Waals surface area contributed by atoms with Gasteiger partial charge in [0.05, 0.1) is 0 Å². The van der Waals surface area contributed by atoms with E-state index in [0.717, 1.165) is 4.44 Å². The quantitative estimate of drug-likeness (QED) is 0.500. The molecule has 0 rings (SSSR count). The van der Waals surface area contributed by atoms with E-state index in [9.17, 15) is 0 Å². The fraction of sp³-hybridized carbons (Fsp3) is 1.00. The Balaban J connectivity index is 2.63. The summed E-state index contributed by atoms with van der Waals surface area (Å²) in [5.74, 6) is 0. The molecule has 0 atom stereocenters. The number of hydrogen-bond donors (Lipinski definition) is 0. The van der Waals surface area contributed by atoms with Gasteiger partial charge in [0.15, 0.2) is 0 Å². The van der Waals surface area contributed by atoms with Gasteiger partial charge in [0.2, 0.25) is 0 Å². The van der Waals surface area contributed by atoms with Crippen LogP contribution in [0.2, 0.25) is 9.38 Å². The van der Waals surface area contributed by atoms with Crippen LogP contribution < -0.4 is 0 Å². The third-order valence-corrected chi connectivity index (χ3v) is 6.33. The summed E-state index contributed by atoms with van der Waals surface area (Å²) in [7, 11) is 0. The number of halogens is 2. The van der Waals surface area contributed by atoms with Crippen LogP contribution in [0.1, 0.15) is 0 Å². The van der Waals surface area contributed by atoms with Crippen molar-refractivity contribution in [3.63, 3.8) is 0 Å². The van der Waals surface area contributed by atoms with Crippen LogP contribution in [0, 0.1) is 0 Å². The second-order valence-corrected chi connectivity index (χ2v) is 6.96. The van der Waals surface area contributed by atoms with Crippen molar-refractivity contribution in [2.75, 3.05) is 0 Å². The molecule has 0 aliphatic heterocycles. The molecule has 0 heterocycles. The second kappa shape index (κ2) is 4.54. The van der Waals surface area contributed by atoms with Crippen molar-refractivity contribution in [1.29, 1.82) is 0 Å². The topological polar surface area (TPSA) is 0 Å². The van der Waals surface area contributed by atoms with Crippen molar-refractivity contribution in [2.45, 2.75) is 14.2 Å². The molecule has 0 aliphatic carbocycles. The van der Waals surface area contributed by atoms with Crippen molar-refractivity contribution < 1.29 is 0 Å². The molecule has 0 aromatic carbocycles. The molecule has 0 aliphatic rings. The Labute approximate surface area is 58.4 Å². The van der Waals surface area contributed by atoms with Gasteiger partial charge in [-0.05, 0) is 0 Å². The minimum absolute atomic E-state index is 0.0641. The summed E-state index contributed by atoms with van der Waals surface area (Å²) in [6, 6.07) is 0. The number of rotatable bonds is 2. The zero-order valence-electron chi connectivity index (χ0n) is 3.75. The SMILES string of the molecule is [CH3][SnH2][CH2]C(Cl)Cl. The Hall–Kier alpha value is 1.38. The first-order valence-corrected chi connectivity index (χ1v) is 9.82. The molecule has 0 N–H and O–H groups in total. The third kappa shape index (κ3) is 5.38. The Morgan fingerprint density at radius 2 is 2.17 bits per heavy atom. The van der Waals surface area contributed by atoms with Gasteiger partial charge >= 0.3 is 58.6 Å². The molecule has 0 nitrogen and oxygen atoms in total. The molecule has 0 unspecified atom stereocenters. The Kier molecular flexibility index (Phi) is 5.58.